The van der Waals surface area contributed by atoms with Gasteiger partial charge in [0.25, 0.3) is 5.91 Å². The average Bonchev–Trinajstić information content (AvgIpc) is 2.93. The summed E-state index contributed by atoms with van der Waals surface area (Å²) in [5.41, 5.74) is 3.26. The fraction of sp³-hybridized carbons (Fsp3) is 0.154. The van der Waals surface area contributed by atoms with Crippen molar-refractivity contribution >= 4 is 17.8 Å². The fourth-order valence-electron chi connectivity index (χ4n) is 1.60. The van der Waals surface area contributed by atoms with Crippen LogP contribution >= 0.6 is 0 Å². The highest BCUT2D eigenvalue weighted by Gasteiger charge is 2.10. The molecule has 8 nitrogen and oxygen atoms in total. The van der Waals surface area contributed by atoms with E-state index in [1.54, 1.807) is 6.21 Å². The molecule has 108 valence electrons. The molecule has 0 saturated heterocycles. The van der Waals surface area contributed by atoms with Gasteiger partial charge in [0.2, 0.25) is 0 Å². The first-order valence-corrected chi connectivity index (χ1v) is 6.16. The normalized spacial score (nSPS) is 10.7. The topological polar surface area (TPSA) is 102 Å². The van der Waals surface area contributed by atoms with E-state index in [0.717, 1.165) is 11.8 Å². The summed E-state index contributed by atoms with van der Waals surface area (Å²) in [6, 6.07) is 9.68. The highest BCUT2D eigenvalue weighted by molar-refractivity contribution is 5.76. The number of aromatic nitrogens is 2. The number of carbonyl (C=O) groups is 1. The number of hydrazone groups is 1. The van der Waals surface area contributed by atoms with Gasteiger partial charge in [0.15, 0.2) is 0 Å². The minimum absolute atomic E-state index is 0.128. The number of hydrogen-bond acceptors (Lipinski definition) is 5. The Hall–Kier alpha value is -3.03. The first-order valence-electron chi connectivity index (χ1n) is 6.16. The molecule has 0 aliphatic heterocycles. The summed E-state index contributed by atoms with van der Waals surface area (Å²) in [6.45, 7) is -0.128. The third-order valence-corrected chi connectivity index (χ3v) is 2.59. The van der Waals surface area contributed by atoms with E-state index in [1.807, 2.05) is 30.3 Å². The highest BCUT2D eigenvalue weighted by Crippen LogP contribution is 2.07. The molecule has 0 spiro atoms. The predicted octanol–water partition coefficient (Wildman–Crippen LogP) is 1.14. The first-order chi connectivity index (χ1) is 10.1. The van der Waals surface area contributed by atoms with Crippen LogP contribution in [0.5, 0.6) is 0 Å². The molecule has 1 N–H and O–H groups in total. The van der Waals surface area contributed by atoms with E-state index in [0.29, 0.717) is 6.42 Å². The molecule has 0 bridgehead atoms. The number of nitrogens with one attached hydrogen (secondary N) is 1. The van der Waals surface area contributed by atoms with Gasteiger partial charge in [-0.25, -0.2) is 5.43 Å². The average molecular weight is 287 g/mol. The first kappa shape index (κ1) is 14.4. The second-order valence-corrected chi connectivity index (χ2v) is 4.19. The van der Waals surface area contributed by atoms with Gasteiger partial charge >= 0.3 is 5.69 Å². The maximum atomic E-state index is 11.5. The van der Waals surface area contributed by atoms with Crippen molar-refractivity contribution in [3.05, 3.63) is 58.4 Å². The van der Waals surface area contributed by atoms with Crippen molar-refractivity contribution < 1.29 is 9.72 Å². The maximum absolute atomic E-state index is 11.5. The van der Waals surface area contributed by atoms with Gasteiger partial charge < -0.3 is 0 Å². The van der Waals surface area contributed by atoms with Crippen LogP contribution in [0.15, 0.2) is 47.8 Å². The zero-order valence-electron chi connectivity index (χ0n) is 11.0. The highest BCUT2D eigenvalue weighted by atomic mass is 16.6. The second kappa shape index (κ2) is 6.94. The largest absolute Gasteiger partial charge is 0.307 e. The number of carbonyl (C=O) groups excluding carboxylic acids is 1. The Labute approximate surface area is 120 Å². The molecule has 21 heavy (non-hydrogen) atoms. The third-order valence-electron chi connectivity index (χ3n) is 2.59. The molecule has 2 aromatic rings. The number of nitrogens with zero attached hydrogens (tertiary/aromatic N) is 4. The van der Waals surface area contributed by atoms with Crippen molar-refractivity contribution in [3.63, 3.8) is 0 Å². The minimum atomic E-state index is -0.570. The molecule has 8 heteroatoms. The van der Waals surface area contributed by atoms with Crippen LogP contribution in [0.4, 0.5) is 5.69 Å². The van der Waals surface area contributed by atoms with E-state index in [-0.39, 0.29) is 12.2 Å². The van der Waals surface area contributed by atoms with Crippen molar-refractivity contribution in [1.29, 1.82) is 0 Å². The van der Waals surface area contributed by atoms with E-state index in [9.17, 15) is 14.9 Å². The van der Waals surface area contributed by atoms with Crippen molar-refractivity contribution in [2.45, 2.75) is 13.0 Å². The standard InChI is InChI=1S/C13H13N5O3/c19-13(10-17-9-12(8-15-17)18(20)21)16-14-7-6-11-4-2-1-3-5-11/h1-5,7-9H,6,10H2,(H,16,19)/b14-7+. The van der Waals surface area contributed by atoms with Crippen LogP contribution in [-0.4, -0.2) is 26.8 Å². The summed E-state index contributed by atoms with van der Waals surface area (Å²) in [4.78, 5) is 21.5. The van der Waals surface area contributed by atoms with E-state index >= 15 is 0 Å². The van der Waals surface area contributed by atoms with Gasteiger partial charge in [-0.3, -0.25) is 19.6 Å². The van der Waals surface area contributed by atoms with Crippen LogP contribution in [0.2, 0.25) is 0 Å². The molecule has 0 atom stereocenters. The van der Waals surface area contributed by atoms with Crippen molar-refractivity contribution in [1.82, 2.24) is 15.2 Å². The molecule has 0 saturated carbocycles. The second-order valence-electron chi connectivity index (χ2n) is 4.19. The van der Waals surface area contributed by atoms with Crippen LogP contribution in [0.25, 0.3) is 0 Å². The van der Waals surface area contributed by atoms with Gasteiger partial charge in [-0.1, -0.05) is 30.3 Å². The molecule has 1 amide bonds. The zero-order chi connectivity index (χ0) is 15.1. The molecule has 2 rings (SSSR count). The third kappa shape index (κ3) is 4.53. The Morgan fingerprint density at radius 3 is 2.86 bits per heavy atom. The molecule has 1 aromatic carbocycles. The van der Waals surface area contributed by atoms with Crippen LogP contribution in [0.3, 0.4) is 0 Å². The molecule has 1 aromatic heterocycles. The summed E-state index contributed by atoms with van der Waals surface area (Å²) >= 11 is 0. The molecule has 0 unspecified atom stereocenters. The smallest absolute Gasteiger partial charge is 0.271 e. The summed E-state index contributed by atoms with van der Waals surface area (Å²) in [5, 5.41) is 18.0. The van der Waals surface area contributed by atoms with E-state index in [2.05, 4.69) is 15.6 Å². The maximum Gasteiger partial charge on any atom is 0.307 e. The summed E-state index contributed by atoms with van der Waals surface area (Å²) in [6.07, 6.45) is 4.46. The molecule has 0 aliphatic rings. The number of hydrogen-bond donors (Lipinski definition) is 1. The number of amides is 1. The molecule has 0 fully saturated rings. The van der Waals surface area contributed by atoms with Crippen molar-refractivity contribution in [2.75, 3.05) is 0 Å². The predicted molar refractivity (Wildman–Crippen MR) is 75.7 cm³/mol. The van der Waals surface area contributed by atoms with Crippen LogP contribution in [0.1, 0.15) is 5.56 Å². The van der Waals surface area contributed by atoms with Gasteiger partial charge in [-0.2, -0.15) is 10.2 Å². The van der Waals surface area contributed by atoms with Crippen molar-refractivity contribution in [2.24, 2.45) is 5.10 Å². The van der Waals surface area contributed by atoms with Gasteiger partial charge in [0.05, 0.1) is 4.92 Å². The van der Waals surface area contributed by atoms with E-state index in [1.165, 1.54) is 10.9 Å². The number of benzene rings is 1. The van der Waals surface area contributed by atoms with E-state index < -0.39 is 10.8 Å². The Morgan fingerprint density at radius 2 is 2.19 bits per heavy atom. The summed E-state index contributed by atoms with van der Waals surface area (Å²) in [5.74, 6) is -0.405. The summed E-state index contributed by atoms with van der Waals surface area (Å²) in [7, 11) is 0. The Kier molecular flexibility index (Phi) is 4.75. The number of rotatable bonds is 6. The van der Waals surface area contributed by atoms with Crippen LogP contribution < -0.4 is 5.43 Å². The van der Waals surface area contributed by atoms with Crippen LogP contribution in [-0.2, 0) is 17.8 Å². The van der Waals surface area contributed by atoms with Gasteiger partial charge in [-0.05, 0) is 5.56 Å². The Balaban J connectivity index is 1.77. The lowest BCUT2D eigenvalue weighted by molar-refractivity contribution is -0.385. The Bertz CT molecular complexity index is 651. The van der Waals surface area contributed by atoms with E-state index in [4.69, 9.17) is 0 Å². The Morgan fingerprint density at radius 1 is 1.43 bits per heavy atom. The lowest BCUT2D eigenvalue weighted by Gasteiger charge is -1.99. The lowest BCUT2D eigenvalue weighted by atomic mass is 10.2. The minimum Gasteiger partial charge on any atom is -0.271 e. The molecule has 1 heterocycles. The monoisotopic (exact) mass is 287 g/mol. The van der Waals surface area contributed by atoms with Gasteiger partial charge in [0, 0.05) is 12.6 Å². The fourth-order valence-corrected chi connectivity index (χ4v) is 1.60. The molecular weight excluding hydrogens is 274 g/mol. The summed E-state index contributed by atoms with van der Waals surface area (Å²) < 4.78 is 1.18. The SMILES string of the molecule is O=C(Cn1cc([N+](=O)[O-])cn1)N/N=C/Cc1ccccc1. The van der Waals surface area contributed by atoms with Gasteiger partial charge in [-0.15, -0.1) is 0 Å². The zero-order valence-corrected chi connectivity index (χ0v) is 11.0. The lowest BCUT2D eigenvalue weighted by Crippen LogP contribution is -2.23. The van der Waals surface area contributed by atoms with Gasteiger partial charge in [0.1, 0.15) is 18.9 Å². The van der Waals surface area contributed by atoms with Crippen LogP contribution in [0, 0.1) is 10.1 Å². The molecule has 0 radical (unpaired) electrons. The van der Waals surface area contributed by atoms with Crippen molar-refractivity contribution in [3.8, 4) is 0 Å². The molecule has 0 aliphatic carbocycles. The number of nitro groups is 1. The molecular formula is C13H13N5O3. The quantitative estimate of drug-likeness (QED) is 0.488.